The third-order valence-electron chi connectivity index (χ3n) is 7.63. The second kappa shape index (κ2) is 12.1. The van der Waals surface area contributed by atoms with Crippen LogP contribution in [-0.2, 0) is 24.4 Å². The van der Waals surface area contributed by atoms with Gasteiger partial charge in [0.15, 0.2) is 0 Å². The molecular formula is C33H35N5O5S. The highest BCUT2D eigenvalue weighted by molar-refractivity contribution is 7.89. The largest absolute Gasteiger partial charge is 0.378 e. The minimum absolute atomic E-state index is 0.0324. The minimum Gasteiger partial charge on any atom is -0.378 e. The predicted molar refractivity (Wildman–Crippen MR) is 175 cm³/mol. The van der Waals surface area contributed by atoms with Crippen molar-refractivity contribution in [2.45, 2.75) is 43.8 Å². The summed E-state index contributed by atoms with van der Waals surface area (Å²) < 4.78 is 29.1. The number of hydrogen-bond acceptors (Lipinski definition) is 6. The van der Waals surface area contributed by atoms with Crippen LogP contribution >= 0.6 is 0 Å². The Morgan fingerprint density at radius 1 is 0.636 bits per heavy atom. The summed E-state index contributed by atoms with van der Waals surface area (Å²) in [6, 6.07) is 21.1. The summed E-state index contributed by atoms with van der Waals surface area (Å²) in [6.07, 6.45) is 0. The summed E-state index contributed by atoms with van der Waals surface area (Å²) in [6.45, 7) is 4.39. The summed E-state index contributed by atoms with van der Waals surface area (Å²) in [5, 5.41) is 13.6. The zero-order valence-electron chi connectivity index (χ0n) is 25.1. The number of benzene rings is 5. The molecule has 0 radical (unpaired) electrons. The van der Waals surface area contributed by atoms with Gasteiger partial charge in [-0.3, -0.25) is 14.4 Å². The van der Waals surface area contributed by atoms with E-state index in [1.165, 1.54) is 20.8 Å². The zero-order valence-corrected chi connectivity index (χ0v) is 26.0. The van der Waals surface area contributed by atoms with Gasteiger partial charge in [-0.1, -0.05) is 42.5 Å². The first-order valence-corrected chi connectivity index (χ1v) is 15.7. The molecule has 11 heteroatoms. The number of nitrogens with one attached hydrogen (secondary N) is 4. The van der Waals surface area contributed by atoms with Gasteiger partial charge in [-0.15, -0.1) is 0 Å². The fourth-order valence-corrected chi connectivity index (χ4v) is 6.41. The van der Waals surface area contributed by atoms with Crippen LogP contribution in [0.3, 0.4) is 0 Å². The molecule has 0 saturated heterocycles. The molecule has 5 aromatic carbocycles. The van der Waals surface area contributed by atoms with E-state index in [1.807, 2.05) is 73.6 Å². The average Bonchev–Trinajstić information content (AvgIpc) is 2.99. The molecule has 0 aliphatic rings. The number of rotatable bonds is 10. The SMILES string of the molecule is C[C@H](NC(=O)[C@H](C)NC(=O)[C@H](C)NS(=O)(=O)c1cc2ccc3cccc4ccc(c1)c2c34)C(=O)Nc1ccc(N(C)C)cc1. The molecular weight excluding hydrogens is 578 g/mol. The normalized spacial score (nSPS) is 13.8. The Balaban J connectivity index is 1.20. The van der Waals surface area contributed by atoms with Crippen molar-refractivity contribution in [1.29, 1.82) is 0 Å². The van der Waals surface area contributed by atoms with E-state index in [2.05, 4.69) is 20.7 Å². The van der Waals surface area contributed by atoms with Gasteiger partial charge in [0.2, 0.25) is 27.7 Å². The first-order valence-electron chi connectivity index (χ1n) is 14.2. The van der Waals surface area contributed by atoms with Gasteiger partial charge in [0.05, 0.1) is 10.9 Å². The van der Waals surface area contributed by atoms with E-state index in [0.717, 1.165) is 38.0 Å². The first kappa shape index (κ1) is 30.7. The Labute approximate surface area is 256 Å². The second-order valence-corrected chi connectivity index (χ2v) is 12.9. The fourth-order valence-electron chi connectivity index (χ4n) is 5.14. The van der Waals surface area contributed by atoms with Crippen LogP contribution in [0.25, 0.3) is 32.3 Å². The average molecular weight is 614 g/mol. The van der Waals surface area contributed by atoms with Crippen molar-refractivity contribution < 1.29 is 22.8 Å². The maximum atomic E-state index is 13.3. The standard InChI is InChI=1S/C33H35N5O5S/c1-19(31(39)34-20(2)32(40)36-26-13-15-27(16-14-26)38(4)5)35-33(41)21(3)37-44(42,43)28-17-24-11-9-22-7-6-8-23-10-12-25(18-28)30(24)29(22)23/h6-21,37H,1-5H3,(H,34,39)(H,35,41)(H,36,40)/t19-,20-,21-/m0/s1. The molecule has 5 rings (SSSR count). The molecule has 0 aromatic heterocycles. The lowest BCUT2D eigenvalue weighted by Crippen LogP contribution is -2.54. The molecule has 0 aliphatic carbocycles. The van der Waals surface area contributed by atoms with Crippen molar-refractivity contribution in [3.63, 3.8) is 0 Å². The maximum absolute atomic E-state index is 13.3. The Bertz CT molecular complexity index is 1910. The number of anilines is 2. The Kier molecular flexibility index (Phi) is 8.44. The molecule has 0 bridgehead atoms. The molecule has 5 aromatic rings. The summed E-state index contributed by atoms with van der Waals surface area (Å²) >= 11 is 0. The lowest BCUT2D eigenvalue weighted by molar-refractivity contribution is -0.130. The van der Waals surface area contributed by atoms with Crippen molar-refractivity contribution in [2.24, 2.45) is 0 Å². The fraction of sp³-hybridized carbons (Fsp3) is 0.242. The number of sulfonamides is 1. The molecule has 44 heavy (non-hydrogen) atoms. The van der Waals surface area contributed by atoms with Crippen molar-refractivity contribution in [2.75, 3.05) is 24.3 Å². The van der Waals surface area contributed by atoms with Gasteiger partial charge in [0.25, 0.3) is 0 Å². The number of nitrogens with zero attached hydrogens (tertiary/aromatic N) is 1. The van der Waals surface area contributed by atoms with Crippen LogP contribution in [0.15, 0.2) is 83.8 Å². The van der Waals surface area contributed by atoms with Crippen LogP contribution in [0.1, 0.15) is 20.8 Å². The van der Waals surface area contributed by atoms with Gasteiger partial charge < -0.3 is 20.9 Å². The number of amides is 3. The van der Waals surface area contributed by atoms with Crippen molar-refractivity contribution in [3.8, 4) is 0 Å². The highest BCUT2D eigenvalue weighted by Crippen LogP contribution is 2.35. The maximum Gasteiger partial charge on any atom is 0.246 e. The van der Waals surface area contributed by atoms with E-state index in [-0.39, 0.29) is 4.90 Å². The van der Waals surface area contributed by atoms with Gasteiger partial charge in [-0.25, -0.2) is 8.42 Å². The van der Waals surface area contributed by atoms with E-state index in [0.29, 0.717) is 5.69 Å². The van der Waals surface area contributed by atoms with Gasteiger partial charge in [0, 0.05) is 25.5 Å². The van der Waals surface area contributed by atoms with Crippen LogP contribution in [0.5, 0.6) is 0 Å². The quantitative estimate of drug-likeness (QED) is 0.176. The molecule has 0 saturated carbocycles. The van der Waals surface area contributed by atoms with Crippen LogP contribution in [0, 0.1) is 0 Å². The molecule has 10 nitrogen and oxygen atoms in total. The monoisotopic (exact) mass is 613 g/mol. The van der Waals surface area contributed by atoms with Crippen LogP contribution < -0.4 is 25.6 Å². The zero-order chi connectivity index (χ0) is 31.8. The number of hydrogen-bond donors (Lipinski definition) is 4. The molecule has 0 fully saturated rings. The van der Waals surface area contributed by atoms with Crippen molar-refractivity contribution in [3.05, 3.63) is 78.9 Å². The smallest absolute Gasteiger partial charge is 0.246 e. The summed E-state index contributed by atoms with van der Waals surface area (Å²) in [7, 11) is -0.263. The highest BCUT2D eigenvalue weighted by Gasteiger charge is 2.27. The van der Waals surface area contributed by atoms with E-state index >= 15 is 0 Å². The Morgan fingerprint density at radius 3 is 1.66 bits per heavy atom. The number of carbonyl (C=O) groups is 3. The molecule has 4 N–H and O–H groups in total. The number of carbonyl (C=O) groups excluding carboxylic acids is 3. The van der Waals surface area contributed by atoms with E-state index in [9.17, 15) is 22.8 Å². The molecule has 228 valence electrons. The van der Waals surface area contributed by atoms with Gasteiger partial charge in [-0.05, 0) is 89.5 Å². The molecule has 0 heterocycles. The van der Waals surface area contributed by atoms with Crippen molar-refractivity contribution in [1.82, 2.24) is 15.4 Å². The predicted octanol–water partition coefficient (Wildman–Crippen LogP) is 3.96. The Morgan fingerprint density at radius 2 is 1.11 bits per heavy atom. The third-order valence-corrected chi connectivity index (χ3v) is 9.15. The third kappa shape index (κ3) is 6.29. The summed E-state index contributed by atoms with van der Waals surface area (Å²) in [5.74, 6) is -1.71. The highest BCUT2D eigenvalue weighted by atomic mass is 32.2. The molecule has 0 spiro atoms. The minimum atomic E-state index is -4.09. The van der Waals surface area contributed by atoms with E-state index < -0.39 is 45.9 Å². The molecule has 3 amide bonds. The van der Waals surface area contributed by atoms with Crippen LogP contribution in [-0.4, -0.2) is 58.4 Å². The first-order chi connectivity index (χ1) is 20.8. The topological polar surface area (TPSA) is 137 Å². The van der Waals surface area contributed by atoms with E-state index in [4.69, 9.17) is 0 Å². The van der Waals surface area contributed by atoms with E-state index in [1.54, 1.807) is 24.3 Å². The second-order valence-electron chi connectivity index (χ2n) is 11.2. The lowest BCUT2D eigenvalue weighted by Gasteiger charge is -2.21. The Hall–Kier alpha value is -4.74. The summed E-state index contributed by atoms with van der Waals surface area (Å²) in [4.78, 5) is 40.2. The summed E-state index contributed by atoms with van der Waals surface area (Å²) in [5.41, 5.74) is 1.55. The van der Waals surface area contributed by atoms with Crippen LogP contribution in [0.4, 0.5) is 11.4 Å². The molecule has 0 aliphatic heterocycles. The molecule has 0 unspecified atom stereocenters. The molecule has 3 atom stereocenters. The lowest BCUT2D eigenvalue weighted by atomic mass is 9.94. The van der Waals surface area contributed by atoms with Crippen LogP contribution in [0.2, 0.25) is 0 Å². The van der Waals surface area contributed by atoms with Crippen molar-refractivity contribution >= 4 is 71.4 Å². The van der Waals surface area contributed by atoms with Gasteiger partial charge >= 0.3 is 0 Å². The van der Waals surface area contributed by atoms with Gasteiger partial charge in [0.1, 0.15) is 12.1 Å². The van der Waals surface area contributed by atoms with Gasteiger partial charge in [-0.2, -0.15) is 4.72 Å².